The van der Waals surface area contributed by atoms with Crippen LogP contribution in [0.25, 0.3) is 0 Å². The SMILES string of the molecule is CN(C)C(=O)c1ccc(Cl)c(NC(=O)c2cccc(S(=O)(=O)N3CCCCCC3)c2)c1. The van der Waals surface area contributed by atoms with Gasteiger partial charge >= 0.3 is 0 Å². The molecule has 7 nitrogen and oxygen atoms in total. The van der Waals surface area contributed by atoms with E-state index in [0.717, 1.165) is 25.7 Å². The smallest absolute Gasteiger partial charge is 0.255 e. The number of carbonyl (C=O) groups excluding carboxylic acids is 2. The fourth-order valence-corrected chi connectivity index (χ4v) is 5.16. The van der Waals surface area contributed by atoms with E-state index in [-0.39, 0.29) is 27.1 Å². The van der Waals surface area contributed by atoms with E-state index in [4.69, 9.17) is 11.6 Å². The zero-order chi connectivity index (χ0) is 22.6. The van der Waals surface area contributed by atoms with E-state index in [1.807, 2.05) is 0 Å². The molecule has 31 heavy (non-hydrogen) atoms. The lowest BCUT2D eigenvalue weighted by molar-refractivity contribution is 0.0827. The number of anilines is 1. The van der Waals surface area contributed by atoms with Crippen molar-refractivity contribution in [3.8, 4) is 0 Å². The van der Waals surface area contributed by atoms with Crippen molar-refractivity contribution in [3.63, 3.8) is 0 Å². The molecular weight excluding hydrogens is 438 g/mol. The highest BCUT2D eigenvalue weighted by Crippen LogP contribution is 2.25. The van der Waals surface area contributed by atoms with Crippen LogP contribution in [-0.4, -0.2) is 56.6 Å². The predicted molar refractivity (Wildman–Crippen MR) is 121 cm³/mol. The molecule has 166 valence electrons. The van der Waals surface area contributed by atoms with Crippen molar-refractivity contribution in [2.45, 2.75) is 30.6 Å². The summed E-state index contributed by atoms with van der Waals surface area (Å²) in [6.07, 6.45) is 3.70. The van der Waals surface area contributed by atoms with Crippen LogP contribution in [0.3, 0.4) is 0 Å². The number of carbonyl (C=O) groups is 2. The van der Waals surface area contributed by atoms with Crippen LogP contribution in [-0.2, 0) is 10.0 Å². The topological polar surface area (TPSA) is 86.8 Å². The number of benzene rings is 2. The first-order chi connectivity index (χ1) is 14.7. The van der Waals surface area contributed by atoms with Crippen LogP contribution in [0.2, 0.25) is 5.02 Å². The first kappa shape index (κ1) is 23.2. The van der Waals surface area contributed by atoms with Crippen molar-refractivity contribution in [3.05, 3.63) is 58.6 Å². The standard InChI is InChI=1S/C22H26ClN3O4S/c1-25(2)22(28)17-10-11-19(23)20(15-17)24-21(27)16-8-7-9-18(14-16)31(29,30)26-12-5-3-4-6-13-26/h7-11,14-15H,3-6,12-13H2,1-2H3,(H,24,27). The van der Waals surface area contributed by atoms with Gasteiger partial charge in [0.1, 0.15) is 0 Å². The van der Waals surface area contributed by atoms with E-state index >= 15 is 0 Å². The Morgan fingerprint density at radius 1 is 0.968 bits per heavy atom. The van der Waals surface area contributed by atoms with E-state index in [2.05, 4.69) is 5.32 Å². The molecular formula is C22H26ClN3O4S. The molecule has 2 aromatic rings. The van der Waals surface area contributed by atoms with Gasteiger partial charge in [-0.1, -0.05) is 30.5 Å². The lowest BCUT2D eigenvalue weighted by atomic mass is 10.1. The Balaban J connectivity index is 1.84. The van der Waals surface area contributed by atoms with Gasteiger partial charge in [-0.2, -0.15) is 4.31 Å². The molecule has 1 aliphatic heterocycles. The van der Waals surface area contributed by atoms with Gasteiger partial charge in [0.2, 0.25) is 10.0 Å². The molecule has 0 bridgehead atoms. The number of halogens is 1. The Morgan fingerprint density at radius 2 is 1.65 bits per heavy atom. The molecule has 0 aliphatic carbocycles. The Morgan fingerprint density at radius 3 is 2.29 bits per heavy atom. The highest BCUT2D eigenvalue weighted by molar-refractivity contribution is 7.89. The Kier molecular flexibility index (Phi) is 7.35. The first-order valence-corrected chi connectivity index (χ1v) is 11.9. The predicted octanol–water partition coefficient (Wildman–Crippen LogP) is 3.86. The maximum absolute atomic E-state index is 13.0. The minimum Gasteiger partial charge on any atom is -0.345 e. The van der Waals surface area contributed by atoms with Crippen molar-refractivity contribution in [1.82, 2.24) is 9.21 Å². The average Bonchev–Trinajstić information content (AvgIpc) is 3.05. The van der Waals surface area contributed by atoms with Gasteiger partial charge in [0.05, 0.1) is 15.6 Å². The van der Waals surface area contributed by atoms with Gasteiger partial charge in [-0.05, 0) is 49.2 Å². The molecule has 1 N–H and O–H groups in total. The normalized spacial score (nSPS) is 15.2. The van der Waals surface area contributed by atoms with Crippen LogP contribution in [0, 0.1) is 0 Å². The van der Waals surface area contributed by atoms with Crippen LogP contribution in [0.1, 0.15) is 46.4 Å². The van der Waals surface area contributed by atoms with Crippen molar-refractivity contribution in [1.29, 1.82) is 0 Å². The summed E-state index contributed by atoms with van der Waals surface area (Å²) in [5.41, 5.74) is 0.846. The number of nitrogens with one attached hydrogen (secondary N) is 1. The van der Waals surface area contributed by atoms with Gasteiger partial charge in [-0.3, -0.25) is 9.59 Å². The number of hydrogen-bond donors (Lipinski definition) is 1. The molecule has 1 fully saturated rings. The third-order valence-corrected chi connectivity index (χ3v) is 7.39. The summed E-state index contributed by atoms with van der Waals surface area (Å²) < 4.78 is 27.6. The molecule has 1 heterocycles. The number of sulfonamides is 1. The second-order valence-electron chi connectivity index (χ2n) is 7.69. The van der Waals surface area contributed by atoms with Crippen molar-refractivity contribution in [2.75, 3.05) is 32.5 Å². The third kappa shape index (κ3) is 5.44. The monoisotopic (exact) mass is 463 g/mol. The second-order valence-corrected chi connectivity index (χ2v) is 10.0. The van der Waals surface area contributed by atoms with Crippen LogP contribution in [0.15, 0.2) is 47.4 Å². The summed E-state index contributed by atoms with van der Waals surface area (Å²) in [6, 6.07) is 10.6. The summed E-state index contributed by atoms with van der Waals surface area (Å²) in [6.45, 7) is 0.974. The quantitative estimate of drug-likeness (QED) is 0.729. The Bertz CT molecular complexity index is 1080. The van der Waals surface area contributed by atoms with Gasteiger partial charge < -0.3 is 10.2 Å². The second kappa shape index (κ2) is 9.80. The number of hydrogen-bond acceptors (Lipinski definition) is 4. The molecule has 2 amide bonds. The molecule has 1 aliphatic rings. The van der Waals surface area contributed by atoms with Crippen molar-refractivity contribution in [2.24, 2.45) is 0 Å². The summed E-state index contributed by atoms with van der Waals surface area (Å²) in [4.78, 5) is 26.5. The molecule has 0 saturated carbocycles. The Labute approximate surface area is 188 Å². The molecule has 9 heteroatoms. The van der Waals surface area contributed by atoms with Crippen LogP contribution < -0.4 is 5.32 Å². The van der Waals surface area contributed by atoms with Crippen molar-refractivity contribution >= 4 is 39.1 Å². The molecule has 0 radical (unpaired) electrons. The van der Waals surface area contributed by atoms with Crippen LogP contribution >= 0.6 is 11.6 Å². The zero-order valence-electron chi connectivity index (χ0n) is 17.6. The van der Waals surface area contributed by atoms with Gasteiger partial charge in [0.15, 0.2) is 0 Å². The minimum atomic E-state index is -3.67. The highest BCUT2D eigenvalue weighted by Gasteiger charge is 2.26. The molecule has 0 atom stereocenters. The van der Waals surface area contributed by atoms with E-state index < -0.39 is 15.9 Å². The zero-order valence-corrected chi connectivity index (χ0v) is 19.2. The average molecular weight is 464 g/mol. The summed E-state index contributed by atoms with van der Waals surface area (Å²) in [5, 5.41) is 2.95. The molecule has 0 spiro atoms. The minimum absolute atomic E-state index is 0.0877. The molecule has 3 rings (SSSR count). The first-order valence-electron chi connectivity index (χ1n) is 10.1. The van der Waals surface area contributed by atoms with E-state index in [1.165, 1.54) is 33.5 Å². The fourth-order valence-electron chi connectivity index (χ4n) is 3.44. The lowest BCUT2D eigenvalue weighted by Crippen LogP contribution is -2.32. The lowest BCUT2D eigenvalue weighted by Gasteiger charge is -2.20. The van der Waals surface area contributed by atoms with Gasteiger partial charge in [0.25, 0.3) is 11.8 Å². The molecule has 0 unspecified atom stereocenters. The summed E-state index contributed by atoms with van der Waals surface area (Å²) in [5.74, 6) is -0.734. The van der Waals surface area contributed by atoms with Gasteiger partial charge in [-0.25, -0.2) is 8.42 Å². The maximum atomic E-state index is 13.0. The largest absolute Gasteiger partial charge is 0.345 e. The van der Waals surface area contributed by atoms with Gasteiger partial charge in [-0.15, -0.1) is 0 Å². The number of rotatable bonds is 5. The maximum Gasteiger partial charge on any atom is 0.255 e. The third-order valence-electron chi connectivity index (χ3n) is 5.17. The molecule has 1 saturated heterocycles. The fraction of sp³-hybridized carbons (Fsp3) is 0.364. The van der Waals surface area contributed by atoms with E-state index in [9.17, 15) is 18.0 Å². The van der Waals surface area contributed by atoms with Crippen LogP contribution in [0.4, 0.5) is 5.69 Å². The number of amides is 2. The van der Waals surface area contributed by atoms with Crippen molar-refractivity contribution < 1.29 is 18.0 Å². The summed E-state index contributed by atoms with van der Waals surface area (Å²) in [7, 11) is -0.412. The van der Waals surface area contributed by atoms with E-state index in [1.54, 1.807) is 32.3 Å². The van der Waals surface area contributed by atoms with Crippen LogP contribution in [0.5, 0.6) is 0 Å². The highest BCUT2D eigenvalue weighted by atomic mass is 35.5. The Hall–Kier alpha value is -2.42. The van der Waals surface area contributed by atoms with Gasteiger partial charge in [0, 0.05) is 38.3 Å². The molecule has 0 aromatic heterocycles. The summed E-state index contributed by atoms with van der Waals surface area (Å²) >= 11 is 6.19. The molecule has 2 aromatic carbocycles. The van der Waals surface area contributed by atoms with E-state index in [0.29, 0.717) is 18.7 Å². The number of nitrogens with zero attached hydrogens (tertiary/aromatic N) is 2.